The number of carbonyl (C=O) groups excluding carboxylic acids is 1. The lowest BCUT2D eigenvalue weighted by Crippen LogP contribution is -2.24. The molecule has 1 aromatic rings. The van der Waals surface area contributed by atoms with Crippen LogP contribution >= 0.6 is 0 Å². The van der Waals surface area contributed by atoms with E-state index in [1.807, 2.05) is 0 Å². The van der Waals surface area contributed by atoms with Crippen LogP contribution in [0.5, 0.6) is 0 Å². The summed E-state index contributed by atoms with van der Waals surface area (Å²) in [6.45, 7) is 2.07. The van der Waals surface area contributed by atoms with Crippen LogP contribution < -0.4 is 0 Å². The number of ketones is 1. The lowest BCUT2D eigenvalue weighted by Gasteiger charge is -2.18. The van der Waals surface area contributed by atoms with Crippen LogP contribution in [-0.4, -0.2) is 22.6 Å². The van der Waals surface area contributed by atoms with Gasteiger partial charge in [-0.25, -0.2) is 0 Å². The molecule has 0 fully saturated rings. The molecule has 1 heterocycles. The SMILES string of the molecule is Cc1ccc(C2CC(C3=CC=CC3)=NC2C(=O)C2=CC=C(O)C2)cc1. The summed E-state index contributed by atoms with van der Waals surface area (Å²) in [4.78, 5) is 17.9. The van der Waals surface area contributed by atoms with E-state index in [1.165, 1.54) is 11.1 Å². The number of nitrogens with zero attached hydrogens (tertiary/aromatic N) is 1. The van der Waals surface area contributed by atoms with E-state index in [1.54, 1.807) is 12.2 Å². The summed E-state index contributed by atoms with van der Waals surface area (Å²) >= 11 is 0. The molecule has 0 aromatic heterocycles. The van der Waals surface area contributed by atoms with Crippen LogP contribution in [0.25, 0.3) is 0 Å². The van der Waals surface area contributed by atoms with Gasteiger partial charge in [0.2, 0.25) is 0 Å². The summed E-state index contributed by atoms with van der Waals surface area (Å²) in [6, 6.07) is 8.00. The summed E-state index contributed by atoms with van der Waals surface area (Å²) in [7, 11) is 0. The molecule has 4 rings (SSSR count). The summed E-state index contributed by atoms with van der Waals surface area (Å²) in [6.07, 6.45) is 11.6. The van der Waals surface area contributed by atoms with Crippen molar-refractivity contribution in [2.24, 2.45) is 4.99 Å². The number of aliphatic imine (C=N–C) groups is 1. The van der Waals surface area contributed by atoms with E-state index in [2.05, 4.69) is 49.4 Å². The second-order valence-electron chi connectivity index (χ2n) is 6.96. The maximum absolute atomic E-state index is 13.0. The first-order valence-electron chi connectivity index (χ1n) is 8.74. The third kappa shape index (κ3) is 3.02. The molecule has 25 heavy (non-hydrogen) atoms. The largest absolute Gasteiger partial charge is 0.512 e. The fourth-order valence-electron chi connectivity index (χ4n) is 3.73. The quantitative estimate of drug-likeness (QED) is 0.882. The number of hydrogen-bond acceptors (Lipinski definition) is 3. The van der Waals surface area contributed by atoms with Gasteiger partial charge in [-0.3, -0.25) is 9.79 Å². The molecular formula is C22H21NO2. The van der Waals surface area contributed by atoms with Crippen LogP contribution in [0.2, 0.25) is 0 Å². The number of benzene rings is 1. The van der Waals surface area contributed by atoms with E-state index >= 15 is 0 Å². The van der Waals surface area contributed by atoms with Crippen LogP contribution in [0.15, 0.2) is 76.5 Å². The van der Waals surface area contributed by atoms with Gasteiger partial charge in [-0.1, -0.05) is 54.1 Å². The Morgan fingerprint density at radius 1 is 1.16 bits per heavy atom. The summed E-state index contributed by atoms with van der Waals surface area (Å²) < 4.78 is 0. The van der Waals surface area contributed by atoms with E-state index in [9.17, 15) is 9.90 Å². The van der Waals surface area contributed by atoms with Gasteiger partial charge in [-0.15, -0.1) is 0 Å². The molecule has 0 saturated carbocycles. The summed E-state index contributed by atoms with van der Waals surface area (Å²) in [5.74, 6) is 0.348. The number of rotatable bonds is 4. The van der Waals surface area contributed by atoms with Crippen molar-refractivity contribution in [3.05, 3.63) is 82.7 Å². The number of aryl methyl sites for hydroxylation is 1. The van der Waals surface area contributed by atoms with E-state index < -0.39 is 6.04 Å². The molecule has 126 valence electrons. The maximum Gasteiger partial charge on any atom is 0.184 e. The van der Waals surface area contributed by atoms with Gasteiger partial charge < -0.3 is 5.11 Å². The highest BCUT2D eigenvalue weighted by atomic mass is 16.3. The Kier molecular flexibility index (Phi) is 4.00. The van der Waals surface area contributed by atoms with Crippen LogP contribution in [0, 0.1) is 6.92 Å². The van der Waals surface area contributed by atoms with Gasteiger partial charge in [-0.05, 0) is 37.0 Å². The van der Waals surface area contributed by atoms with Crippen molar-refractivity contribution in [2.75, 3.05) is 0 Å². The molecule has 2 aliphatic carbocycles. The van der Waals surface area contributed by atoms with Gasteiger partial charge in [0.15, 0.2) is 5.78 Å². The average Bonchev–Trinajstić information content (AvgIpc) is 3.35. The molecule has 1 aromatic carbocycles. The lowest BCUT2D eigenvalue weighted by molar-refractivity contribution is -0.117. The molecule has 3 nitrogen and oxygen atoms in total. The first kappa shape index (κ1) is 15.8. The van der Waals surface area contributed by atoms with Gasteiger partial charge in [-0.2, -0.15) is 0 Å². The minimum Gasteiger partial charge on any atom is -0.512 e. The molecule has 0 saturated heterocycles. The number of allylic oxidation sites excluding steroid dienone is 7. The topological polar surface area (TPSA) is 49.7 Å². The molecule has 0 spiro atoms. The monoisotopic (exact) mass is 331 g/mol. The Labute approximate surface area is 147 Å². The van der Waals surface area contributed by atoms with Crippen molar-refractivity contribution in [2.45, 2.75) is 38.1 Å². The molecule has 3 aliphatic rings. The lowest BCUT2D eigenvalue weighted by atomic mass is 9.85. The number of Topliss-reactive ketones (excluding diaryl/α,β-unsaturated/α-hetero) is 1. The van der Waals surface area contributed by atoms with E-state index in [-0.39, 0.29) is 17.5 Å². The highest BCUT2D eigenvalue weighted by molar-refractivity contribution is 6.09. The maximum atomic E-state index is 13.0. The first-order valence-corrected chi connectivity index (χ1v) is 8.74. The highest BCUT2D eigenvalue weighted by Gasteiger charge is 2.38. The standard InChI is InChI=1S/C22H21NO2/c1-14-6-8-15(9-7-14)19-13-20(16-4-2-3-5-16)23-21(19)22(25)17-10-11-18(24)12-17/h2-4,6-11,19,21,24H,5,12-13H2,1H3. The fraction of sp³-hybridized carbons (Fsp3) is 0.273. The molecule has 0 radical (unpaired) electrons. The van der Waals surface area contributed by atoms with Gasteiger partial charge in [0.1, 0.15) is 6.04 Å². The van der Waals surface area contributed by atoms with Crippen LogP contribution in [0.3, 0.4) is 0 Å². The van der Waals surface area contributed by atoms with Gasteiger partial charge in [0, 0.05) is 23.6 Å². The van der Waals surface area contributed by atoms with E-state index in [0.29, 0.717) is 12.0 Å². The first-order chi connectivity index (χ1) is 12.1. The molecular weight excluding hydrogens is 310 g/mol. The number of carbonyl (C=O) groups is 1. The molecule has 0 amide bonds. The number of aliphatic hydroxyl groups is 1. The second kappa shape index (κ2) is 6.32. The molecule has 2 atom stereocenters. The van der Waals surface area contributed by atoms with Crippen LogP contribution in [0.4, 0.5) is 0 Å². The van der Waals surface area contributed by atoms with Crippen LogP contribution in [0.1, 0.15) is 36.3 Å². The Morgan fingerprint density at radius 2 is 1.96 bits per heavy atom. The molecule has 3 heteroatoms. The molecule has 0 bridgehead atoms. The third-order valence-corrected chi connectivity index (χ3v) is 5.17. The van der Waals surface area contributed by atoms with Gasteiger partial charge in [0.05, 0.1) is 5.76 Å². The fourth-order valence-corrected chi connectivity index (χ4v) is 3.73. The second-order valence-corrected chi connectivity index (χ2v) is 6.96. The van der Waals surface area contributed by atoms with Crippen molar-refractivity contribution < 1.29 is 9.90 Å². The van der Waals surface area contributed by atoms with Gasteiger partial charge >= 0.3 is 0 Å². The molecule has 1 N–H and O–H groups in total. The Bertz CT molecular complexity index is 866. The molecule has 1 aliphatic heterocycles. The predicted octanol–water partition coefficient (Wildman–Crippen LogP) is 4.52. The zero-order chi connectivity index (χ0) is 17.4. The van der Waals surface area contributed by atoms with Crippen molar-refractivity contribution in [3.63, 3.8) is 0 Å². The number of hydrogen-bond donors (Lipinski definition) is 1. The van der Waals surface area contributed by atoms with Crippen molar-refractivity contribution >= 4 is 11.5 Å². The third-order valence-electron chi connectivity index (χ3n) is 5.17. The van der Waals surface area contributed by atoms with Gasteiger partial charge in [0.25, 0.3) is 0 Å². The Hall–Kier alpha value is -2.68. The van der Waals surface area contributed by atoms with Crippen molar-refractivity contribution in [1.29, 1.82) is 0 Å². The Morgan fingerprint density at radius 3 is 2.60 bits per heavy atom. The number of aliphatic hydroxyl groups excluding tert-OH is 1. The zero-order valence-electron chi connectivity index (χ0n) is 14.3. The summed E-state index contributed by atoms with van der Waals surface area (Å²) in [5, 5.41) is 9.63. The smallest absolute Gasteiger partial charge is 0.184 e. The minimum atomic E-state index is -0.398. The normalized spacial score (nSPS) is 24.8. The van der Waals surface area contributed by atoms with E-state index in [4.69, 9.17) is 4.99 Å². The van der Waals surface area contributed by atoms with E-state index in [0.717, 1.165) is 24.1 Å². The Balaban J connectivity index is 1.65. The molecule has 2 unspecified atom stereocenters. The van der Waals surface area contributed by atoms with Crippen molar-refractivity contribution in [1.82, 2.24) is 0 Å². The van der Waals surface area contributed by atoms with Crippen molar-refractivity contribution in [3.8, 4) is 0 Å². The highest BCUT2D eigenvalue weighted by Crippen LogP contribution is 2.37. The predicted molar refractivity (Wildman–Crippen MR) is 100 cm³/mol. The van der Waals surface area contributed by atoms with Crippen LogP contribution in [-0.2, 0) is 4.79 Å². The average molecular weight is 331 g/mol. The summed E-state index contributed by atoms with van der Waals surface area (Å²) in [5.41, 5.74) is 5.28. The minimum absolute atomic E-state index is 0.0347. The zero-order valence-corrected chi connectivity index (χ0v) is 14.3.